The van der Waals surface area contributed by atoms with E-state index in [9.17, 15) is 9.59 Å². The molecule has 2 aromatic rings. The second-order valence-corrected chi connectivity index (χ2v) is 5.49. The minimum absolute atomic E-state index is 0. The second-order valence-electron chi connectivity index (χ2n) is 5.49. The van der Waals surface area contributed by atoms with Crippen LogP contribution in [0.5, 0.6) is 5.75 Å². The Kier molecular flexibility index (Phi) is 6.31. The largest absolute Gasteiger partial charge is 1.00 e. The van der Waals surface area contributed by atoms with Crippen LogP contribution in [0.2, 0.25) is 0 Å². The highest BCUT2D eigenvalue weighted by molar-refractivity contribution is 5.97. The number of benzene rings is 1. The summed E-state index contributed by atoms with van der Waals surface area (Å²) in [5, 5.41) is 0.716. The fraction of sp³-hybridized carbons (Fsp3) is 0.312. The van der Waals surface area contributed by atoms with Crippen LogP contribution in [-0.4, -0.2) is 50.0 Å². The number of hydrogen-bond acceptors (Lipinski definition) is 3. The molecule has 0 aliphatic heterocycles. The molecule has 0 fully saturated rings. The number of fused-ring (bicyclic) bond motifs is 1. The van der Waals surface area contributed by atoms with Crippen molar-refractivity contribution in [1.82, 2.24) is 9.80 Å². The summed E-state index contributed by atoms with van der Waals surface area (Å²) in [7, 11) is 8.49. The molecule has 0 spiro atoms. The third-order valence-corrected chi connectivity index (χ3v) is 3.27. The zero-order valence-electron chi connectivity index (χ0n) is 13.8. The van der Waals surface area contributed by atoms with Crippen molar-refractivity contribution in [1.29, 1.82) is 0 Å². The predicted octanol–water partition coefficient (Wildman–Crippen LogP) is -1.57. The third kappa shape index (κ3) is 4.10. The maximum Gasteiger partial charge on any atom is 0.414 e. The lowest BCUT2D eigenvalue weighted by Crippen LogP contribution is -3.00. The van der Waals surface area contributed by atoms with E-state index in [1.54, 1.807) is 46.5 Å². The first-order chi connectivity index (χ1) is 10.3. The first kappa shape index (κ1) is 19.1. The number of ether oxygens (including phenoxy) is 1. The molecule has 1 aromatic heterocycles. The van der Waals surface area contributed by atoms with Crippen LogP contribution in [0.1, 0.15) is 10.4 Å². The number of halogens is 1. The normalized spacial score (nSPS) is 9.96. The van der Waals surface area contributed by atoms with Gasteiger partial charge in [-0.1, -0.05) is 6.07 Å². The van der Waals surface area contributed by atoms with Crippen molar-refractivity contribution in [2.24, 2.45) is 7.05 Å². The van der Waals surface area contributed by atoms with Crippen LogP contribution in [0.15, 0.2) is 30.5 Å². The minimum atomic E-state index is -0.459. The summed E-state index contributed by atoms with van der Waals surface area (Å²) < 4.78 is 7.23. The van der Waals surface area contributed by atoms with E-state index < -0.39 is 6.09 Å². The average Bonchev–Trinajstić information content (AvgIpc) is 2.46. The maximum atomic E-state index is 12.2. The molecule has 1 aromatic carbocycles. The lowest BCUT2D eigenvalue weighted by molar-refractivity contribution is -0.645. The highest BCUT2D eigenvalue weighted by Gasteiger charge is 2.19. The molecule has 0 saturated heterocycles. The Hall–Kier alpha value is -1.90. The molecule has 7 heteroatoms. The van der Waals surface area contributed by atoms with Gasteiger partial charge in [-0.25, -0.2) is 9.36 Å². The molecule has 0 aliphatic carbocycles. The first-order valence-electron chi connectivity index (χ1n) is 6.84. The number of carbonyl (C=O) groups is 2. The lowest BCUT2D eigenvalue weighted by atomic mass is 10.1. The molecule has 1 heterocycles. The Labute approximate surface area is 152 Å². The van der Waals surface area contributed by atoms with Crippen LogP contribution >= 0.6 is 0 Å². The van der Waals surface area contributed by atoms with Gasteiger partial charge in [0.15, 0.2) is 6.20 Å². The van der Waals surface area contributed by atoms with Crippen LogP contribution in [0.25, 0.3) is 10.9 Å². The van der Waals surface area contributed by atoms with Gasteiger partial charge < -0.3 is 38.5 Å². The molecule has 0 aliphatic rings. The van der Waals surface area contributed by atoms with Crippen LogP contribution in [0, 0.1) is 0 Å². The van der Waals surface area contributed by atoms with Crippen LogP contribution < -0.4 is 33.3 Å². The van der Waals surface area contributed by atoms with Gasteiger partial charge >= 0.3 is 6.09 Å². The summed E-state index contributed by atoms with van der Waals surface area (Å²) in [6, 6.07) is 7.18. The molecule has 2 rings (SSSR count). The van der Waals surface area contributed by atoms with Gasteiger partial charge in [0.25, 0.3) is 5.91 Å². The number of nitrogens with zero attached hydrogens (tertiary/aromatic N) is 3. The summed E-state index contributed by atoms with van der Waals surface area (Å²) in [5.74, 6) is 0.325. The van der Waals surface area contributed by atoms with Crippen molar-refractivity contribution in [3.63, 3.8) is 0 Å². The van der Waals surface area contributed by atoms with E-state index in [1.807, 2.05) is 23.7 Å². The van der Waals surface area contributed by atoms with Crippen LogP contribution in [0.3, 0.4) is 0 Å². The zero-order chi connectivity index (χ0) is 16.4. The van der Waals surface area contributed by atoms with Gasteiger partial charge in [-0.2, -0.15) is 0 Å². The Balaban J connectivity index is 0.00000264. The molecular formula is C16H20IN3O3. The van der Waals surface area contributed by atoms with Gasteiger partial charge in [0, 0.05) is 34.3 Å². The minimum Gasteiger partial charge on any atom is -1.00 e. The molecule has 6 nitrogen and oxygen atoms in total. The van der Waals surface area contributed by atoms with E-state index in [4.69, 9.17) is 4.74 Å². The van der Waals surface area contributed by atoms with Crippen molar-refractivity contribution in [3.05, 3.63) is 36.0 Å². The third-order valence-electron chi connectivity index (χ3n) is 3.27. The maximum absolute atomic E-state index is 12.2. The molecule has 23 heavy (non-hydrogen) atoms. The molecule has 0 radical (unpaired) electrons. The molecule has 0 bridgehead atoms. The molecule has 124 valence electrons. The Morgan fingerprint density at radius 2 is 1.74 bits per heavy atom. The topological polar surface area (TPSA) is 53.7 Å². The Morgan fingerprint density at radius 3 is 2.30 bits per heavy atom. The lowest BCUT2D eigenvalue weighted by Gasteiger charge is -2.13. The van der Waals surface area contributed by atoms with Crippen molar-refractivity contribution < 1.29 is 42.9 Å². The molecular weight excluding hydrogens is 409 g/mol. The van der Waals surface area contributed by atoms with Crippen molar-refractivity contribution >= 4 is 22.9 Å². The van der Waals surface area contributed by atoms with Crippen LogP contribution in [-0.2, 0) is 7.05 Å². The van der Waals surface area contributed by atoms with E-state index >= 15 is 0 Å². The standard InChI is InChI=1S/C16H20N3O3.HI/c1-17(2)15(20)11-9-12-13(19(5)10-11)7-6-8-14(12)22-16(21)18(3)4;/h6-10H,1-5H3;1H/q+1;/p-1. The number of pyridine rings is 1. The molecule has 0 saturated carbocycles. The van der Waals surface area contributed by atoms with Gasteiger partial charge in [0.1, 0.15) is 18.4 Å². The van der Waals surface area contributed by atoms with Gasteiger partial charge in [0.2, 0.25) is 5.52 Å². The summed E-state index contributed by atoms with van der Waals surface area (Å²) in [6.07, 6.45) is 1.31. The highest BCUT2D eigenvalue weighted by atomic mass is 127. The molecule has 0 unspecified atom stereocenters. The Morgan fingerprint density at radius 1 is 1.09 bits per heavy atom. The predicted molar refractivity (Wildman–Crippen MR) is 82.9 cm³/mol. The van der Waals surface area contributed by atoms with Gasteiger partial charge in [-0.05, 0) is 12.1 Å². The van der Waals surface area contributed by atoms with Crippen molar-refractivity contribution in [3.8, 4) is 5.75 Å². The van der Waals surface area contributed by atoms with Crippen molar-refractivity contribution in [2.45, 2.75) is 0 Å². The molecule has 0 N–H and O–H groups in total. The number of aryl methyl sites for hydroxylation is 1. The highest BCUT2D eigenvalue weighted by Crippen LogP contribution is 2.25. The molecule has 2 amide bonds. The van der Waals surface area contributed by atoms with E-state index in [1.165, 1.54) is 9.80 Å². The number of aromatic nitrogens is 1. The number of amides is 2. The van der Waals surface area contributed by atoms with Gasteiger partial charge in [0.05, 0.1) is 5.39 Å². The van der Waals surface area contributed by atoms with E-state index in [-0.39, 0.29) is 29.9 Å². The Bertz CT molecular complexity index is 745. The zero-order valence-corrected chi connectivity index (χ0v) is 16.0. The smallest absolute Gasteiger partial charge is 0.414 e. The van der Waals surface area contributed by atoms with E-state index in [0.29, 0.717) is 16.7 Å². The average molecular weight is 429 g/mol. The molecule has 0 atom stereocenters. The second kappa shape index (κ2) is 7.58. The summed E-state index contributed by atoms with van der Waals surface area (Å²) in [6.45, 7) is 0. The summed E-state index contributed by atoms with van der Waals surface area (Å²) in [4.78, 5) is 26.8. The number of carbonyl (C=O) groups excluding carboxylic acids is 2. The monoisotopic (exact) mass is 429 g/mol. The van der Waals surface area contributed by atoms with Gasteiger partial charge in [-0.15, -0.1) is 0 Å². The van der Waals surface area contributed by atoms with Gasteiger partial charge in [-0.3, -0.25) is 4.79 Å². The quantitative estimate of drug-likeness (QED) is 0.429. The first-order valence-corrected chi connectivity index (χ1v) is 6.84. The number of hydrogen-bond donors (Lipinski definition) is 0. The van der Waals surface area contributed by atoms with E-state index in [2.05, 4.69) is 0 Å². The van der Waals surface area contributed by atoms with Crippen LogP contribution in [0.4, 0.5) is 4.79 Å². The van der Waals surface area contributed by atoms with Crippen molar-refractivity contribution in [2.75, 3.05) is 28.2 Å². The SMILES string of the molecule is CN(C)C(=O)Oc1cccc2c1cc(C(=O)N(C)C)c[n+]2C.[I-]. The number of rotatable bonds is 2. The fourth-order valence-electron chi connectivity index (χ4n) is 2.11. The van der Waals surface area contributed by atoms with E-state index in [0.717, 1.165) is 5.52 Å². The summed E-state index contributed by atoms with van der Waals surface area (Å²) in [5.41, 5.74) is 1.41. The summed E-state index contributed by atoms with van der Waals surface area (Å²) >= 11 is 0. The fourth-order valence-corrected chi connectivity index (χ4v) is 2.11.